The fourth-order valence-electron chi connectivity index (χ4n) is 3.72. The lowest BCUT2D eigenvalue weighted by molar-refractivity contribution is -0.142. The minimum atomic E-state index is -2.84. The second-order valence-electron chi connectivity index (χ2n) is 8.14. The van der Waals surface area contributed by atoms with Gasteiger partial charge in [-0.25, -0.2) is 8.78 Å². The van der Waals surface area contributed by atoms with Crippen molar-refractivity contribution in [3.8, 4) is 11.5 Å². The first-order chi connectivity index (χ1) is 16.4. The Morgan fingerprint density at radius 1 is 1.26 bits per heavy atom. The lowest BCUT2D eigenvalue weighted by atomic mass is 10.1. The van der Waals surface area contributed by atoms with Gasteiger partial charge in [-0.2, -0.15) is 0 Å². The van der Waals surface area contributed by atoms with Gasteiger partial charge in [0.25, 0.3) is 6.43 Å². The number of alkyl halides is 2. The van der Waals surface area contributed by atoms with Crippen LogP contribution in [0.15, 0.2) is 34.7 Å². The molecule has 1 N–H and O–H groups in total. The van der Waals surface area contributed by atoms with Gasteiger partial charge in [0.05, 0.1) is 25.8 Å². The van der Waals surface area contributed by atoms with Gasteiger partial charge in [-0.15, -0.1) is 0 Å². The fraction of sp³-hybridized carbons (Fsp3) is 0.400. The van der Waals surface area contributed by atoms with E-state index in [0.717, 1.165) is 19.4 Å². The van der Waals surface area contributed by atoms with E-state index in [1.165, 1.54) is 7.11 Å². The molecule has 2 aromatic carbocycles. The van der Waals surface area contributed by atoms with Crippen LogP contribution in [0.2, 0.25) is 5.02 Å². The van der Waals surface area contributed by atoms with E-state index >= 15 is 0 Å². The van der Waals surface area contributed by atoms with E-state index in [1.807, 2.05) is 0 Å². The summed E-state index contributed by atoms with van der Waals surface area (Å²) >= 11 is 6.31. The van der Waals surface area contributed by atoms with Crippen molar-refractivity contribution in [2.75, 3.05) is 25.6 Å². The number of nitrogens with one attached hydrogen (secondary N) is 1. The molecule has 1 aliphatic carbocycles. The Labute approximate surface area is 201 Å². The van der Waals surface area contributed by atoms with Gasteiger partial charge < -0.3 is 23.9 Å². The van der Waals surface area contributed by atoms with Gasteiger partial charge in [0, 0.05) is 34.1 Å². The number of anilines is 1. The van der Waals surface area contributed by atoms with E-state index in [1.54, 1.807) is 37.3 Å². The van der Waals surface area contributed by atoms with Crippen LogP contribution in [0.25, 0.3) is 11.0 Å². The second-order valence-corrected chi connectivity index (χ2v) is 8.58. The zero-order chi connectivity index (χ0) is 24.2. The van der Waals surface area contributed by atoms with Crippen LogP contribution in [0.5, 0.6) is 11.5 Å². The SMILES string of the molecule is CCOC(=O)Cc1ccc(OC)cc1OCc1c(C(F)F)oc2c(NCC3CC3)cc(Cl)cc12. The highest BCUT2D eigenvalue weighted by atomic mass is 35.5. The summed E-state index contributed by atoms with van der Waals surface area (Å²) in [6.07, 6.45) is -0.580. The lowest BCUT2D eigenvalue weighted by Gasteiger charge is -2.13. The normalized spacial score (nSPS) is 13.4. The molecule has 1 aromatic heterocycles. The van der Waals surface area contributed by atoms with Gasteiger partial charge in [0.2, 0.25) is 0 Å². The Balaban J connectivity index is 1.66. The van der Waals surface area contributed by atoms with E-state index in [2.05, 4.69) is 5.32 Å². The summed E-state index contributed by atoms with van der Waals surface area (Å²) in [5, 5.41) is 4.13. The molecule has 182 valence electrons. The summed E-state index contributed by atoms with van der Waals surface area (Å²) in [4.78, 5) is 12.0. The van der Waals surface area contributed by atoms with Crippen molar-refractivity contribution in [1.82, 2.24) is 0 Å². The third kappa shape index (κ3) is 5.55. The van der Waals surface area contributed by atoms with Crippen LogP contribution in [0.3, 0.4) is 0 Å². The van der Waals surface area contributed by atoms with Gasteiger partial charge in [-0.3, -0.25) is 4.79 Å². The number of rotatable bonds is 11. The molecule has 0 aliphatic heterocycles. The molecule has 9 heteroatoms. The van der Waals surface area contributed by atoms with Crippen molar-refractivity contribution in [2.24, 2.45) is 5.92 Å². The zero-order valence-corrected chi connectivity index (χ0v) is 19.7. The monoisotopic (exact) mass is 493 g/mol. The topological polar surface area (TPSA) is 69.9 Å². The Morgan fingerprint density at radius 3 is 2.74 bits per heavy atom. The molecule has 4 rings (SSSR count). The molecular formula is C25H26ClF2NO5. The number of benzene rings is 2. The summed E-state index contributed by atoms with van der Waals surface area (Å²) in [5.74, 6) is 0.519. The first-order valence-electron chi connectivity index (χ1n) is 11.1. The van der Waals surface area contributed by atoms with Crippen LogP contribution in [-0.4, -0.2) is 26.2 Å². The van der Waals surface area contributed by atoms with Crippen LogP contribution in [0, 0.1) is 5.92 Å². The molecule has 0 amide bonds. The minimum Gasteiger partial charge on any atom is -0.497 e. The molecule has 1 fully saturated rings. The summed E-state index contributed by atoms with van der Waals surface area (Å²) in [6.45, 7) is 2.49. The van der Waals surface area contributed by atoms with Crippen molar-refractivity contribution in [2.45, 2.75) is 39.2 Å². The Morgan fingerprint density at radius 2 is 2.06 bits per heavy atom. The Kier molecular flexibility index (Phi) is 7.46. The van der Waals surface area contributed by atoms with Crippen LogP contribution in [0.4, 0.5) is 14.5 Å². The molecule has 0 bridgehead atoms. The fourth-order valence-corrected chi connectivity index (χ4v) is 3.94. The maximum Gasteiger partial charge on any atom is 0.310 e. The number of furan rings is 1. The number of hydrogen-bond acceptors (Lipinski definition) is 6. The third-order valence-electron chi connectivity index (χ3n) is 5.65. The first kappa shape index (κ1) is 24.1. The highest BCUT2D eigenvalue weighted by Crippen LogP contribution is 2.40. The molecular weight excluding hydrogens is 468 g/mol. The highest BCUT2D eigenvalue weighted by Gasteiger charge is 2.26. The van der Waals surface area contributed by atoms with E-state index in [-0.39, 0.29) is 25.2 Å². The molecule has 0 atom stereocenters. The minimum absolute atomic E-state index is 0.0257. The van der Waals surface area contributed by atoms with Gasteiger partial charge in [-0.05, 0) is 43.9 Å². The average molecular weight is 494 g/mol. The van der Waals surface area contributed by atoms with Crippen LogP contribution in [-0.2, 0) is 22.6 Å². The molecule has 3 aromatic rings. The number of fused-ring (bicyclic) bond motifs is 1. The Hall–Kier alpha value is -3.00. The largest absolute Gasteiger partial charge is 0.497 e. The number of ether oxygens (including phenoxy) is 3. The van der Waals surface area contributed by atoms with Crippen LogP contribution >= 0.6 is 11.6 Å². The predicted molar refractivity (Wildman–Crippen MR) is 125 cm³/mol. The number of halogens is 3. The van der Waals surface area contributed by atoms with Gasteiger partial charge >= 0.3 is 5.97 Å². The number of carbonyl (C=O) groups excluding carboxylic acids is 1. The molecule has 1 aliphatic rings. The quantitative estimate of drug-likeness (QED) is 0.306. The van der Waals surface area contributed by atoms with E-state index in [4.69, 9.17) is 30.2 Å². The molecule has 0 radical (unpaired) electrons. The Bertz CT molecular complexity index is 1180. The first-order valence-corrected chi connectivity index (χ1v) is 11.5. The van der Waals surface area contributed by atoms with Crippen molar-refractivity contribution < 1.29 is 32.2 Å². The standard InChI is InChI=1S/C25H26ClF2NO5/c1-3-32-22(30)8-15-6-7-17(31-2)11-21(15)33-13-19-18-9-16(26)10-20(29-12-14-4-5-14)23(18)34-24(19)25(27)28/h6-7,9-11,14,25,29H,3-5,8,12-13H2,1-2H3. The molecule has 34 heavy (non-hydrogen) atoms. The van der Waals surface area contributed by atoms with Crippen molar-refractivity contribution in [3.63, 3.8) is 0 Å². The van der Waals surface area contributed by atoms with Gasteiger partial charge in [0.15, 0.2) is 11.3 Å². The number of methoxy groups -OCH3 is 1. The van der Waals surface area contributed by atoms with Crippen molar-refractivity contribution in [1.29, 1.82) is 0 Å². The number of esters is 1. The molecule has 0 saturated heterocycles. The molecule has 0 spiro atoms. The van der Waals surface area contributed by atoms with E-state index in [0.29, 0.717) is 44.7 Å². The number of carbonyl (C=O) groups is 1. The predicted octanol–water partition coefficient (Wildman–Crippen LogP) is 6.54. The van der Waals surface area contributed by atoms with Gasteiger partial charge in [0.1, 0.15) is 18.1 Å². The zero-order valence-electron chi connectivity index (χ0n) is 19.0. The van der Waals surface area contributed by atoms with E-state index < -0.39 is 18.2 Å². The highest BCUT2D eigenvalue weighted by molar-refractivity contribution is 6.32. The summed E-state index contributed by atoms with van der Waals surface area (Å²) in [7, 11) is 1.50. The van der Waals surface area contributed by atoms with Crippen molar-refractivity contribution in [3.05, 3.63) is 52.2 Å². The van der Waals surface area contributed by atoms with Crippen LogP contribution in [0.1, 0.15) is 43.1 Å². The average Bonchev–Trinajstić information content (AvgIpc) is 3.56. The third-order valence-corrected chi connectivity index (χ3v) is 5.87. The lowest BCUT2D eigenvalue weighted by Crippen LogP contribution is -2.09. The molecule has 1 saturated carbocycles. The summed E-state index contributed by atoms with van der Waals surface area (Å²) in [6, 6.07) is 8.25. The summed E-state index contributed by atoms with van der Waals surface area (Å²) < 4.78 is 49.7. The maximum absolute atomic E-state index is 13.9. The molecule has 1 heterocycles. The smallest absolute Gasteiger partial charge is 0.310 e. The van der Waals surface area contributed by atoms with E-state index in [9.17, 15) is 13.6 Å². The van der Waals surface area contributed by atoms with Crippen LogP contribution < -0.4 is 14.8 Å². The number of hydrogen-bond donors (Lipinski definition) is 1. The van der Waals surface area contributed by atoms with Crippen molar-refractivity contribution >= 4 is 34.2 Å². The molecule has 0 unspecified atom stereocenters. The molecule has 6 nitrogen and oxygen atoms in total. The summed E-state index contributed by atoms with van der Waals surface area (Å²) in [5.41, 5.74) is 1.64. The maximum atomic E-state index is 13.9. The van der Waals surface area contributed by atoms with Gasteiger partial charge in [-0.1, -0.05) is 17.7 Å². The second kappa shape index (κ2) is 10.5.